The molecule has 142 valence electrons. The van der Waals surface area contributed by atoms with E-state index in [1.165, 1.54) is 11.3 Å². The number of carbonyl (C=O) groups is 2. The first-order valence-corrected chi connectivity index (χ1v) is 10.0. The summed E-state index contributed by atoms with van der Waals surface area (Å²) in [4.78, 5) is 28.9. The highest BCUT2D eigenvalue weighted by Gasteiger charge is 2.16. The van der Waals surface area contributed by atoms with Crippen LogP contribution in [0.15, 0.2) is 22.0 Å². The molecule has 0 radical (unpaired) electrons. The van der Waals surface area contributed by atoms with Crippen LogP contribution in [-0.4, -0.2) is 44.8 Å². The van der Waals surface area contributed by atoms with Gasteiger partial charge in [0.2, 0.25) is 11.7 Å². The molecule has 0 aliphatic rings. The summed E-state index contributed by atoms with van der Waals surface area (Å²) in [5.41, 5.74) is 1.85. The zero-order valence-electron chi connectivity index (χ0n) is 14.7. The lowest BCUT2D eigenvalue weighted by molar-refractivity contribution is -0.121. The third kappa shape index (κ3) is 4.71. The standard InChI is InChI=1S/C16H17IN6O3S/c1-9-13(17)10(2)23(21-9)8-12(24)18-5-6-19-15(25)16-20-14(22-26-16)11-4-3-7-27-11/h3-4,7H,5-6,8H2,1-2H3,(H,18,24)(H,19,25). The number of rotatable bonds is 7. The molecular weight excluding hydrogens is 483 g/mol. The number of nitrogens with one attached hydrogen (secondary N) is 2. The molecule has 3 rings (SSSR count). The van der Waals surface area contributed by atoms with Gasteiger partial charge in [-0.3, -0.25) is 14.3 Å². The third-order valence-electron chi connectivity index (χ3n) is 3.68. The van der Waals surface area contributed by atoms with Crippen LogP contribution in [0, 0.1) is 17.4 Å². The van der Waals surface area contributed by atoms with Crippen molar-refractivity contribution in [2.24, 2.45) is 0 Å². The van der Waals surface area contributed by atoms with Crippen molar-refractivity contribution < 1.29 is 14.1 Å². The monoisotopic (exact) mass is 500 g/mol. The van der Waals surface area contributed by atoms with E-state index in [9.17, 15) is 9.59 Å². The van der Waals surface area contributed by atoms with Gasteiger partial charge in [-0.1, -0.05) is 11.2 Å². The van der Waals surface area contributed by atoms with Crippen LogP contribution in [0.2, 0.25) is 0 Å². The molecule has 3 heterocycles. The lowest BCUT2D eigenvalue weighted by Gasteiger charge is -2.07. The van der Waals surface area contributed by atoms with Gasteiger partial charge in [-0.05, 0) is 47.9 Å². The van der Waals surface area contributed by atoms with Gasteiger partial charge in [-0.2, -0.15) is 10.1 Å². The predicted octanol–water partition coefficient (Wildman–Crippen LogP) is 1.76. The van der Waals surface area contributed by atoms with Crippen molar-refractivity contribution in [3.63, 3.8) is 0 Å². The quantitative estimate of drug-likeness (QED) is 0.378. The third-order valence-corrected chi connectivity index (χ3v) is 6.11. The fourth-order valence-electron chi connectivity index (χ4n) is 2.30. The molecule has 0 atom stereocenters. The number of carbonyl (C=O) groups excluding carboxylic acids is 2. The molecule has 27 heavy (non-hydrogen) atoms. The predicted molar refractivity (Wildman–Crippen MR) is 107 cm³/mol. The second-order valence-electron chi connectivity index (χ2n) is 5.65. The minimum atomic E-state index is -0.479. The molecule has 2 amide bonds. The summed E-state index contributed by atoms with van der Waals surface area (Å²) >= 11 is 3.66. The molecule has 0 aliphatic heterocycles. The van der Waals surface area contributed by atoms with Crippen molar-refractivity contribution in [1.29, 1.82) is 0 Å². The van der Waals surface area contributed by atoms with Gasteiger partial charge in [-0.25, -0.2) is 0 Å². The summed E-state index contributed by atoms with van der Waals surface area (Å²) in [6.07, 6.45) is 0. The molecule has 0 fully saturated rings. The molecule has 0 saturated carbocycles. The first-order valence-electron chi connectivity index (χ1n) is 8.07. The summed E-state index contributed by atoms with van der Waals surface area (Å²) in [5.74, 6) is -0.387. The van der Waals surface area contributed by atoms with Crippen molar-refractivity contribution in [2.75, 3.05) is 13.1 Å². The fraction of sp³-hybridized carbons (Fsp3) is 0.312. The van der Waals surface area contributed by atoms with Gasteiger partial charge < -0.3 is 15.2 Å². The molecule has 0 aliphatic carbocycles. The smallest absolute Gasteiger partial charge is 0.316 e. The van der Waals surface area contributed by atoms with Gasteiger partial charge in [0.15, 0.2) is 0 Å². The van der Waals surface area contributed by atoms with Crippen LogP contribution in [0.4, 0.5) is 0 Å². The first kappa shape index (κ1) is 19.5. The maximum Gasteiger partial charge on any atom is 0.316 e. The lowest BCUT2D eigenvalue weighted by atomic mass is 10.4. The molecule has 0 saturated heterocycles. The Morgan fingerprint density at radius 2 is 2.07 bits per heavy atom. The van der Waals surface area contributed by atoms with E-state index in [-0.39, 0.29) is 31.4 Å². The molecule has 9 nitrogen and oxygen atoms in total. The van der Waals surface area contributed by atoms with Crippen molar-refractivity contribution in [1.82, 2.24) is 30.6 Å². The first-order chi connectivity index (χ1) is 13.0. The molecule has 0 bridgehead atoms. The minimum absolute atomic E-state index is 0.109. The second-order valence-corrected chi connectivity index (χ2v) is 7.68. The van der Waals surface area contributed by atoms with Crippen molar-refractivity contribution >= 4 is 45.7 Å². The minimum Gasteiger partial charge on any atom is -0.353 e. The number of halogens is 1. The molecule has 2 N–H and O–H groups in total. The summed E-state index contributed by atoms with van der Waals surface area (Å²) < 4.78 is 7.68. The van der Waals surface area contributed by atoms with Gasteiger partial charge in [0.05, 0.1) is 14.1 Å². The van der Waals surface area contributed by atoms with Gasteiger partial charge in [0.25, 0.3) is 0 Å². The number of aromatic nitrogens is 4. The maximum atomic E-state index is 12.0. The molecule has 0 aromatic carbocycles. The Hall–Kier alpha value is -2.28. The summed E-state index contributed by atoms with van der Waals surface area (Å²) in [5, 5.41) is 15.4. The number of aryl methyl sites for hydroxylation is 1. The van der Waals surface area contributed by atoms with Crippen LogP contribution in [-0.2, 0) is 11.3 Å². The highest BCUT2D eigenvalue weighted by Crippen LogP contribution is 2.21. The van der Waals surface area contributed by atoms with Crippen LogP contribution < -0.4 is 10.6 Å². The maximum absolute atomic E-state index is 12.0. The van der Waals surface area contributed by atoms with Crippen LogP contribution in [0.25, 0.3) is 10.7 Å². The summed E-state index contributed by atoms with van der Waals surface area (Å²) in [6, 6.07) is 3.71. The van der Waals surface area contributed by atoms with Crippen LogP contribution in [0.3, 0.4) is 0 Å². The molecular formula is C16H17IN6O3S. The number of thiophene rings is 1. The molecule has 11 heteroatoms. The zero-order valence-corrected chi connectivity index (χ0v) is 17.6. The highest BCUT2D eigenvalue weighted by atomic mass is 127. The Morgan fingerprint density at radius 3 is 2.74 bits per heavy atom. The van der Waals surface area contributed by atoms with E-state index in [0.29, 0.717) is 5.82 Å². The normalized spacial score (nSPS) is 10.8. The largest absolute Gasteiger partial charge is 0.353 e. The average molecular weight is 500 g/mol. The second kappa shape index (κ2) is 8.61. The average Bonchev–Trinajstić information content (AvgIpc) is 3.37. The number of hydrogen-bond acceptors (Lipinski definition) is 7. The van der Waals surface area contributed by atoms with Gasteiger partial charge in [-0.15, -0.1) is 11.3 Å². The van der Waals surface area contributed by atoms with Gasteiger partial charge in [0.1, 0.15) is 6.54 Å². The topological polar surface area (TPSA) is 115 Å². The van der Waals surface area contributed by atoms with Crippen molar-refractivity contribution in [3.05, 3.63) is 38.4 Å². The molecule has 0 unspecified atom stereocenters. The Bertz CT molecular complexity index is 950. The van der Waals surface area contributed by atoms with Crippen molar-refractivity contribution in [2.45, 2.75) is 20.4 Å². The number of nitrogens with zero attached hydrogens (tertiary/aromatic N) is 4. The van der Waals surface area contributed by atoms with Gasteiger partial charge in [0, 0.05) is 18.8 Å². The highest BCUT2D eigenvalue weighted by molar-refractivity contribution is 14.1. The lowest BCUT2D eigenvalue weighted by Crippen LogP contribution is -2.36. The van der Waals surface area contributed by atoms with E-state index in [4.69, 9.17) is 4.52 Å². The van der Waals surface area contributed by atoms with Gasteiger partial charge >= 0.3 is 11.8 Å². The Balaban J connectivity index is 1.42. The Morgan fingerprint density at radius 1 is 1.30 bits per heavy atom. The van der Waals surface area contributed by atoms with E-state index in [2.05, 4.69) is 48.5 Å². The Labute approximate surface area is 172 Å². The zero-order chi connectivity index (χ0) is 19.4. The SMILES string of the molecule is Cc1nn(CC(=O)NCCNC(=O)c2nc(-c3cccs3)no2)c(C)c1I. The fourth-order valence-corrected chi connectivity index (χ4v) is 3.33. The summed E-state index contributed by atoms with van der Waals surface area (Å²) in [6.45, 7) is 4.49. The van der Waals surface area contributed by atoms with Crippen LogP contribution >= 0.6 is 33.9 Å². The van der Waals surface area contributed by atoms with E-state index in [1.807, 2.05) is 31.4 Å². The molecule has 3 aromatic heterocycles. The van der Waals surface area contributed by atoms with Crippen LogP contribution in [0.1, 0.15) is 22.1 Å². The van der Waals surface area contributed by atoms with E-state index in [0.717, 1.165) is 19.8 Å². The van der Waals surface area contributed by atoms with E-state index < -0.39 is 5.91 Å². The van der Waals surface area contributed by atoms with E-state index >= 15 is 0 Å². The molecule has 3 aromatic rings. The number of amides is 2. The molecule has 0 spiro atoms. The van der Waals surface area contributed by atoms with Crippen LogP contribution in [0.5, 0.6) is 0 Å². The van der Waals surface area contributed by atoms with Crippen molar-refractivity contribution in [3.8, 4) is 10.7 Å². The summed E-state index contributed by atoms with van der Waals surface area (Å²) in [7, 11) is 0. The number of hydrogen-bond donors (Lipinski definition) is 2. The van der Waals surface area contributed by atoms with E-state index in [1.54, 1.807) is 4.68 Å². The Kier molecular flexibility index (Phi) is 6.21.